The molecule has 0 bridgehead atoms. The molecule has 0 aromatic rings. The first-order chi connectivity index (χ1) is 9.27. The van der Waals surface area contributed by atoms with Gasteiger partial charge in [-0.3, -0.25) is 9.59 Å². The molecule has 0 atom stereocenters. The molecule has 0 spiro atoms. The van der Waals surface area contributed by atoms with Gasteiger partial charge in [0.05, 0.1) is 0 Å². The van der Waals surface area contributed by atoms with Gasteiger partial charge in [-0.15, -0.1) is 0 Å². The van der Waals surface area contributed by atoms with Crippen LogP contribution in [0.15, 0.2) is 0 Å². The number of rotatable bonds is 8. The van der Waals surface area contributed by atoms with Crippen LogP contribution in [0.1, 0.15) is 38.5 Å². The standard InChI is InChI=1S/C14H24N3O2/c18-13-5-1-9-16(13)11-3-7-15-8-4-12-17-10-2-6-14(17)19/h1-12H2. The maximum atomic E-state index is 11.4. The van der Waals surface area contributed by atoms with Gasteiger partial charge in [-0.2, -0.15) is 0 Å². The summed E-state index contributed by atoms with van der Waals surface area (Å²) in [6.45, 7) is 5.22. The van der Waals surface area contributed by atoms with Crippen molar-refractivity contribution in [3.8, 4) is 0 Å². The number of carbonyl (C=O) groups is 2. The quantitative estimate of drug-likeness (QED) is 0.605. The lowest BCUT2D eigenvalue weighted by Crippen LogP contribution is -2.28. The first kappa shape index (κ1) is 14.3. The Bertz CT molecular complexity index is 290. The molecule has 2 aliphatic heterocycles. The van der Waals surface area contributed by atoms with Crippen LogP contribution in [0, 0.1) is 0 Å². The highest BCUT2D eigenvalue weighted by atomic mass is 16.2. The van der Waals surface area contributed by atoms with Crippen LogP contribution in [0.4, 0.5) is 0 Å². The highest BCUT2D eigenvalue weighted by Gasteiger charge is 2.19. The molecule has 2 saturated heterocycles. The van der Waals surface area contributed by atoms with Crippen LogP contribution in [0.3, 0.4) is 0 Å². The highest BCUT2D eigenvalue weighted by Crippen LogP contribution is 2.10. The second kappa shape index (κ2) is 7.48. The van der Waals surface area contributed by atoms with E-state index in [0.29, 0.717) is 11.8 Å². The zero-order valence-electron chi connectivity index (χ0n) is 11.6. The topological polar surface area (TPSA) is 54.7 Å². The number of likely N-dealkylation sites (tertiary alicyclic amines) is 2. The molecule has 19 heavy (non-hydrogen) atoms. The molecule has 2 rings (SSSR count). The average Bonchev–Trinajstić information content (AvgIpc) is 2.98. The summed E-state index contributed by atoms with van der Waals surface area (Å²) < 4.78 is 0. The summed E-state index contributed by atoms with van der Waals surface area (Å²) in [7, 11) is 0. The van der Waals surface area contributed by atoms with Crippen molar-refractivity contribution in [2.24, 2.45) is 0 Å². The minimum Gasteiger partial charge on any atom is -0.343 e. The van der Waals surface area contributed by atoms with E-state index in [1.54, 1.807) is 0 Å². The lowest BCUT2D eigenvalue weighted by atomic mass is 10.3. The Hall–Kier alpha value is -1.10. The molecule has 5 nitrogen and oxygen atoms in total. The van der Waals surface area contributed by atoms with Crippen molar-refractivity contribution in [1.82, 2.24) is 15.1 Å². The maximum absolute atomic E-state index is 11.4. The minimum atomic E-state index is 0.299. The summed E-state index contributed by atoms with van der Waals surface area (Å²) in [5.74, 6) is 0.597. The van der Waals surface area contributed by atoms with E-state index in [4.69, 9.17) is 0 Å². The first-order valence-corrected chi connectivity index (χ1v) is 7.46. The Balaban J connectivity index is 1.42. The van der Waals surface area contributed by atoms with Crippen LogP contribution in [-0.4, -0.2) is 60.9 Å². The molecule has 0 unspecified atom stereocenters. The van der Waals surface area contributed by atoms with Gasteiger partial charge in [0.2, 0.25) is 11.8 Å². The van der Waals surface area contributed by atoms with Crippen molar-refractivity contribution in [2.45, 2.75) is 38.5 Å². The van der Waals surface area contributed by atoms with Crippen molar-refractivity contribution < 1.29 is 9.59 Å². The summed E-state index contributed by atoms with van der Waals surface area (Å²) >= 11 is 0. The monoisotopic (exact) mass is 266 g/mol. The van der Waals surface area contributed by atoms with Gasteiger partial charge in [-0.05, 0) is 25.7 Å². The molecule has 2 amide bonds. The average molecular weight is 266 g/mol. The summed E-state index contributed by atoms with van der Waals surface area (Å²) in [6, 6.07) is 0. The predicted molar refractivity (Wildman–Crippen MR) is 72.7 cm³/mol. The third-order valence-corrected chi connectivity index (χ3v) is 3.83. The zero-order chi connectivity index (χ0) is 13.5. The molecule has 107 valence electrons. The molecule has 0 aromatic carbocycles. The molecule has 0 aromatic heterocycles. The summed E-state index contributed by atoms with van der Waals surface area (Å²) in [5, 5.41) is 4.47. The Kier molecular flexibility index (Phi) is 5.63. The van der Waals surface area contributed by atoms with Crippen LogP contribution in [0.5, 0.6) is 0 Å². The zero-order valence-corrected chi connectivity index (χ0v) is 11.6. The van der Waals surface area contributed by atoms with Crippen molar-refractivity contribution in [3.63, 3.8) is 0 Å². The Morgan fingerprint density at radius 1 is 0.842 bits per heavy atom. The van der Waals surface area contributed by atoms with Gasteiger partial charge in [0.15, 0.2) is 0 Å². The third-order valence-electron chi connectivity index (χ3n) is 3.83. The second-order valence-corrected chi connectivity index (χ2v) is 5.35. The molecule has 2 aliphatic rings. The number of hydrogen-bond donors (Lipinski definition) is 0. The van der Waals surface area contributed by atoms with Gasteiger partial charge in [0, 0.05) is 52.1 Å². The maximum Gasteiger partial charge on any atom is 0.222 e. The van der Waals surface area contributed by atoms with E-state index in [2.05, 4.69) is 5.32 Å². The molecule has 2 heterocycles. The number of amides is 2. The largest absolute Gasteiger partial charge is 0.343 e. The summed E-state index contributed by atoms with van der Waals surface area (Å²) in [6.07, 6.45) is 5.41. The van der Waals surface area contributed by atoms with E-state index in [-0.39, 0.29) is 0 Å². The van der Waals surface area contributed by atoms with Crippen LogP contribution >= 0.6 is 0 Å². The van der Waals surface area contributed by atoms with E-state index < -0.39 is 0 Å². The van der Waals surface area contributed by atoms with Gasteiger partial charge in [-0.1, -0.05) is 0 Å². The van der Waals surface area contributed by atoms with Gasteiger partial charge in [-0.25, -0.2) is 5.32 Å². The van der Waals surface area contributed by atoms with Crippen molar-refractivity contribution in [1.29, 1.82) is 0 Å². The Morgan fingerprint density at radius 3 is 1.68 bits per heavy atom. The van der Waals surface area contributed by atoms with Crippen molar-refractivity contribution >= 4 is 11.8 Å². The molecule has 0 saturated carbocycles. The second-order valence-electron chi connectivity index (χ2n) is 5.35. The fourth-order valence-corrected chi connectivity index (χ4v) is 2.74. The van der Waals surface area contributed by atoms with Crippen LogP contribution in [0.2, 0.25) is 0 Å². The molecule has 0 aliphatic carbocycles. The van der Waals surface area contributed by atoms with E-state index in [1.165, 1.54) is 0 Å². The van der Waals surface area contributed by atoms with Gasteiger partial charge in [0.1, 0.15) is 0 Å². The van der Waals surface area contributed by atoms with Crippen LogP contribution < -0.4 is 5.32 Å². The third kappa shape index (κ3) is 4.49. The SMILES string of the molecule is O=C1CCCN1CCC[N]CCCN1CCCC1=O. The number of hydrogen-bond acceptors (Lipinski definition) is 2. The van der Waals surface area contributed by atoms with Crippen molar-refractivity contribution in [2.75, 3.05) is 39.3 Å². The first-order valence-electron chi connectivity index (χ1n) is 7.46. The number of nitrogens with zero attached hydrogens (tertiary/aromatic N) is 3. The van der Waals surface area contributed by atoms with Crippen LogP contribution in [-0.2, 0) is 9.59 Å². The lowest BCUT2D eigenvalue weighted by Gasteiger charge is -2.16. The smallest absolute Gasteiger partial charge is 0.222 e. The normalized spacial score (nSPS) is 19.8. The Morgan fingerprint density at radius 2 is 1.32 bits per heavy atom. The number of carbonyl (C=O) groups excluding carboxylic acids is 2. The van der Waals surface area contributed by atoms with E-state index >= 15 is 0 Å². The van der Waals surface area contributed by atoms with E-state index in [9.17, 15) is 9.59 Å². The molecule has 2 fully saturated rings. The minimum absolute atomic E-state index is 0.299. The Labute approximate surface area is 115 Å². The summed E-state index contributed by atoms with van der Waals surface area (Å²) in [4.78, 5) is 26.6. The van der Waals surface area contributed by atoms with Crippen LogP contribution in [0.25, 0.3) is 0 Å². The molecule has 5 heteroatoms. The fourth-order valence-electron chi connectivity index (χ4n) is 2.74. The lowest BCUT2D eigenvalue weighted by molar-refractivity contribution is -0.128. The molecule has 0 N–H and O–H groups in total. The molecular weight excluding hydrogens is 242 g/mol. The highest BCUT2D eigenvalue weighted by molar-refractivity contribution is 5.78. The van der Waals surface area contributed by atoms with Gasteiger partial charge >= 0.3 is 0 Å². The van der Waals surface area contributed by atoms with E-state index in [0.717, 1.165) is 77.8 Å². The molecular formula is C14H24N3O2. The van der Waals surface area contributed by atoms with Crippen molar-refractivity contribution in [3.05, 3.63) is 0 Å². The summed E-state index contributed by atoms with van der Waals surface area (Å²) in [5.41, 5.74) is 0. The molecule has 1 radical (unpaired) electrons. The predicted octanol–water partition coefficient (Wildman–Crippen LogP) is 0.616. The van der Waals surface area contributed by atoms with Gasteiger partial charge in [0.25, 0.3) is 0 Å². The fraction of sp³-hybridized carbons (Fsp3) is 0.857. The van der Waals surface area contributed by atoms with E-state index in [1.807, 2.05) is 9.80 Å². The van der Waals surface area contributed by atoms with Gasteiger partial charge < -0.3 is 9.80 Å².